The molecular weight excluding hydrogens is 420 g/mol. The van der Waals surface area contributed by atoms with Crippen LogP contribution in [0.4, 0.5) is 0 Å². The summed E-state index contributed by atoms with van der Waals surface area (Å²) in [6.07, 6.45) is 2.07. The smallest absolute Gasteiger partial charge is 0.303 e. The molecule has 0 aromatic heterocycles. The second-order valence-electron chi connectivity index (χ2n) is 6.60. The van der Waals surface area contributed by atoms with E-state index >= 15 is 0 Å². The number of thiocarbonyl (C=S) groups is 1. The van der Waals surface area contributed by atoms with E-state index in [1.54, 1.807) is 6.08 Å². The number of thioether (sulfide) groups is 1. The first kappa shape index (κ1) is 21.7. The van der Waals surface area contributed by atoms with Crippen molar-refractivity contribution in [2.45, 2.75) is 12.8 Å². The minimum Gasteiger partial charge on any atom is -0.481 e. The van der Waals surface area contributed by atoms with Crippen molar-refractivity contribution in [1.82, 2.24) is 10.2 Å². The summed E-state index contributed by atoms with van der Waals surface area (Å²) in [6, 6.07) is 17.9. The molecule has 6 nitrogen and oxygen atoms in total. The Kier molecular flexibility index (Phi) is 7.37. The summed E-state index contributed by atoms with van der Waals surface area (Å²) >= 11 is 6.42. The zero-order valence-electron chi connectivity index (χ0n) is 16.0. The lowest BCUT2D eigenvalue weighted by atomic mass is 10.0. The zero-order valence-corrected chi connectivity index (χ0v) is 17.7. The highest BCUT2D eigenvalue weighted by molar-refractivity contribution is 8.26. The van der Waals surface area contributed by atoms with Gasteiger partial charge in [0.15, 0.2) is 0 Å². The van der Waals surface area contributed by atoms with E-state index < -0.39 is 5.97 Å². The molecule has 0 spiro atoms. The van der Waals surface area contributed by atoms with Gasteiger partial charge < -0.3 is 10.4 Å². The predicted octanol–water partition coefficient (Wildman–Crippen LogP) is 3.54. The van der Waals surface area contributed by atoms with Crippen molar-refractivity contribution in [3.8, 4) is 11.1 Å². The number of aliphatic carboxylic acids is 1. The van der Waals surface area contributed by atoms with E-state index in [-0.39, 0.29) is 31.3 Å². The molecule has 1 aliphatic rings. The van der Waals surface area contributed by atoms with Gasteiger partial charge in [-0.05, 0) is 29.2 Å². The van der Waals surface area contributed by atoms with Crippen LogP contribution in [0.25, 0.3) is 17.2 Å². The van der Waals surface area contributed by atoms with Gasteiger partial charge in [0, 0.05) is 13.0 Å². The molecule has 0 aliphatic carbocycles. The molecule has 0 bridgehead atoms. The van der Waals surface area contributed by atoms with Crippen molar-refractivity contribution in [2.24, 2.45) is 0 Å². The van der Waals surface area contributed by atoms with Gasteiger partial charge >= 0.3 is 5.97 Å². The molecule has 8 heteroatoms. The summed E-state index contributed by atoms with van der Waals surface area (Å²) < 4.78 is 0.327. The Morgan fingerprint density at radius 1 is 1.07 bits per heavy atom. The van der Waals surface area contributed by atoms with Crippen LogP contribution in [0, 0.1) is 0 Å². The molecule has 0 radical (unpaired) electrons. The van der Waals surface area contributed by atoms with Gasteiger partial charge in [0.25, 0.3) is 5.91 Å². The van der Waals surface area contributed by atoms with Crippen LogP contribution in [-0.4, -0.2) is 45.2 Å². The first-order valence-corrected chi connectivity index (χ1v) is 10.6. The summed E-state index contributed by atoms with van der Waals surface area (Å²) in [7, 11) is 0. The van der Waals surface area contributed by atoms with E-state index in [0.29, 0.717) is 15.6 Å². The number of rotatable bonds is 8. The minimum absolute atomic E-state index is 0.0207. The number of nitrogens with zero attached hydrogens (tertiary/aromatic N) is 1. The highest BCUT2D eigenvalue weighted by atomic mass is 32.2. The van der Waals surface area contributed by atoms with Gasteiger partial charge in [-0.15, -0.1) is 0 Å². The maximum Gasteiger partial charge on any atom is 0.303 e. The lowest BCUT2D eigenvalue weighted by Gasteiger charge is -2.14. The third kappa shape index (κ3) is 5.77. The first-order chi connectivity index (χ1) is 14.4. The molecule has 154 valence electrons. The zero-order chi connectivity index (χ0) is 21.5. The average Bonchev–Trinajstić information content (AvgIpc) is 2.99. The predicted molar refractivity (Wildman–Crippen MR) is 122 cm³/mol. The Labute approximate surface area is 184 Å². The average molecular weight is 441 g/mol. The largest absolute Gasteiger partial charge is 0.481 e. The van der Waals surface area contributed by atoms with E-state index in [0.717, 1.165) is 28.5 Å². The van der Waals surface area contributed by atoms with Crippen LogP contribution in [0.2, 0.25) is 0 Å². The molecule has 1 saturated heterocycles. The standard InChI is InChI=1S/C22H20N2O4S2/c25-19(23-12-4-7-20(26)27)14-24-21(28)18(30-22(24)29)13-15-8-10-17(11-9-15)16-5-2-1-3-6-16/h1-3,5-6,8-11,13H,4,7,12,14H2,(H,23,25)(H,26,27)/b18-13-. The molecule has 2 N–H and O–H groups in total. The van der Waals surface area contributed by atoms with Crippen LogP contribution in [0.5, 0.6) is 0 Å². The third-order valence-corrected chi connectivity index (χ3v) is 5.76. The molecule has 2 aromatic carbocycles. The van der Waals surface area contributed by atoms with E-state index in [4.69, 9.17) is 17.3 Å². The number of carboxylic acids is 1. The van der Waals surface area contributed by atoms with Crippen LogP contribution in [0.15, 0.2) is 59.5 Å². The van der Waals surface area contributed by atoms with Crippen LogP contribution in [-0.2, 0) is 14.4 Å². The molecule has 2 aromatic rings. The molecule has 3 rings (SSSR count). The van der Waals surface area contributed by atoms with Crippen LogP contribution >= 0.6 is 24.0 Å². The second kappa shape index (κ2) is 10.2. The summed E-state index contributed by atoms with van der Waals surface area (Å²) in [5.41, 5.74) is 3.07. The Balaban J connectivity index is 1.60. The Morgan fingerprint density at radius 3 is 2.40 bits per heavy atom. The Bertz CT molecular complexity index is 988. The Hall–Kier alpha value is -2.97. The molecule has 1 aliphatic heterocycles. The number of benzene rings is 2. The number of carbonyl (C=O) groups excluding carboxylic acids is 2. The third-order valence-electron chi connectivity index (χ3n) is 4.38. The Morgan fingerprint density at radius 2 is 1.73 bits per heavy atom. The number of nitrogens with one attached hydrogen (secondary N) is 1. The normalized spacial score (nSPS) is 14.9. The molecule has 2 amide bonds. The maximum absolute atomic E-state index is 12.7. The van der Waals surface area contributed by atoms with Gasteiger partial charge in [0.05, 0.1) is 4.91 Å². The number of hydrogen-bond acceptors (Lipinski definition) is 5. The molecule has 0 unspecified atom stereocenters. The highest BCUT2D eigenvalue weighted by Crippen LogP contribution is 2.32. The van der Waals surface area contributed by atoms with Crippen molar-refractivity contribution in [3.63, 3.8) is 0 Å². The summed E-state index contributed by atoms with van der Waals surface area (Å²) in [5, 5.41) is 11.2. The fourth-order valence-electron chi connectivity index (χ4n) is 2.86. The summed E-state index contributed by atoms with van der Waals surface area (Å²) in [4.78, 5) is 36.9. The monoisotopic (exact) mass is 440 g/mol. The number of carbonyl (C=O) groups is 3. The maximum atomic E-state index is 12.7. The number of amides is 2. The molecule has 1 fully saturated rings. The molecule has 30 heavy (non-hydrogen) atoms. The SMILES string of the molecule is O=C(O)CCCNC(=O)CN1C(=O)/C(=C/c2ccc(-c3ccccc3)cc2)SC1=S. The highest BCUT2D eigenvalue weighted by Gasteiger charge is 2.33. The second-order valence-corrected chi connectivity index (χ2v) is 8.28. The number of carboxylic acid groups (broad SMARTS) is 1. The fraction of sp³-hybridized carbons (Fsp3) is 0.182. The number of hydrogen-bond donors (Lipinski definition) is 2. The van der Waals surface area contributed by atoms with Gasteiger partial charge in [-0.25, -0.2) is 0 Å². The first-order valence-electron chi connectivity index (χ1n) is 9.33. The summed E-state index contributed by atoms with van der Waals surface area (Å²) in [5.74, 6) is -1.59. The van der Waals surface area contributed by atoms with Crippen molar-refractivity contribution in [1.29, 1.82) is 0 Å². The van der Waals surface area contributed by atoms with Crippen molar-refractivity contribution in [2.75, 3.05) is 13.1 Å². The molecule has 1 heterocycles. The van der Waals surface area contributed by atoms with Gasteiger partial charge in [-0.1, -0.05) is 78.6 Å². The van der Waals surface area contributed by atoms with E-state index in [2.05, 4.69) is 5.32 Å². The summed E-state index contributed by atoms with van der Waals surface area (Å²) in [6.45, 7) is 0.0611. The van der Waals surface area contributed by atoms with Gasteiger partial charge in [0.1, 0.15) is 10.9 Å². The van der Waals surface area contributed by atoms with E-state index in [9.17, 15) is 14.4 Å². The van der Waals surface area contributed by atoms with E-state index in [1.165, 1.54) is 4.90 Å². The van der Waals surface area contributed by atoms with Gasteiger partial charge in [0.2, 0.25) is 5.91 Å². The lowest BCUT2D eigenvalue weighted by molar-refractivity contribution is -0.137. The minimum atomic E-state index is -0.914. The van der Waals surface area contributed by atoms with E-state index in [1.807, 2.05) is 54.6 Å². The van der Waals surface area contributed by atoms with Crippen molar-refractivity contribution in [3.05, 3.63) is 65.1 Å². The van der Waals surface area contributed by atoms with Crippen LogP contribution < -0.4 is 5.32 Å². The van der Waals surface area contributed by atoms with Crippen molar-refractivity contribution < 1.29 is 19.5 Å². The van der Waals surface area contributed by atoms with Crippen LogP contribution in [0.3, 0.4) is 0 Å². The quantitative estimate of drug-likeness (QED) is 0.371. The molecule has 0 atom stereocenters. The van der Waals surface area contributed by atoms with Crippen molar-refractivity contribution >= 4 is 52.2 Å². The lowest BCUT2D eigenvalue weighted by Crippen LogP contribution is -2.39. The molecule has 0 saturated carbocycles. The topological polar surface area (TPSA) is 86.7 Å². The molecular formula is C22H20N2O4S2. The van der Waals surface area contributed by atoms with Crippen LogP contribution in [0.1, 0.15) is 18.4 Å². The fourth-order valence-corrected chi connectivity index (χ4v) is 4.11. The van der Waals surface area contributed by atoms with Gasteiger partial charge in [-0.2, -0.15) is 0 Å². The van der Waals surface area contributed by atoms with Gasteiger partial charge in [-0.3, -0.25) is 19.3 Å².